The number of hydrogen-bond acceptors (Lipinski definition) is 3. The van der Waals surface area contributed by atoms with E-state index in [2.05, 4.69) is 40.3 Å². The molecule has 3 N–H and O–H groups in total. The summed E-state index contributed by atoms with van der Waals surface area (Å²) in [6.45, 7) is 4.63. The van der Waals surface area contributed by atoms with Gasteiger partial charge < -0.3 is 15.8 Å². The number of hydrogen-bond donors (Lipinski definition) is 2. The number of aryl methyl sites for hydroxylation is 1. The minimum absolute atomic E-state index is 0.622. The minimum Gasteiger partial charge on any atom is -0.494 e. The Morgan fingerprint density at radius 3 is 2.68 bits per heavy atom. The number of anilines is 3. The predicted molar refractivity (Wildman–Crippen MR) is 84.2 cm³/mol. The maximum absolute atomic E-state index is 5.87. The van der Waals surface area contributed by atoms with Gasteiger partial charge in [-0.25, -0.2) is 0 Å². The van der Waals surface area contributed by atoms with Crippen molar-refractivity contribution in [2.45, 2.75) is 13.8 Å². The lowest BCUT2D eigenvalue weighted by atomic mass is 10.2. The van der Waals surface area contributed by atoms with Gasteiger partial charge in [0.2, 0.25) is 0 Å². The summed E-state index contributed by atoms with van der Waals surface area (Å²) >= 11 is 3.55. The zero-order valence-corrected chi connectivity index (χ0v) is 12.6. The van der Waals surface area contributed by atoms with Gasteiger partial charge in [-0.15, -0.1) is 0 Å². The number of benzene rings is 2. The van der Waals surface area contributed by atoms with E-state index < -0.39 is 0 Å². The maximum atomic E-state index is 5.87. The number of halogens is 1. The van der Waals surface area contributed by atoms with E-state index in [-0.39, 0.29) is 0 Å². The Labute approximate surface area is 121 Å². The molecule has 0 spiro atoms. The van der Waals surface area contributed by atoms with Gasteiger partial charge in [-0.1, -0.05) is 6.07 Å². The first-order valence-corrected chi connectivity index (χ1v) is 6.94. The van der Waals surface area contributed by atoms with E-state index in [4.69, 9.17) is 10.5 Å². The van der Waals surface area contributed by atoms with Crippen molar-refractivity contribution in [2.24, 2.45) is 0 Å². The second-order valence-electron chi connectivity index (χ2n) is 4.33. The molecule has 0 unspecified atom stereocenters. The van der Waals surface area contributed by atoms with Crippen LogP contribution < -0.4 is 15.8 Å². The highest BCUT2D eigenvalue weighted by Crippen LogP contribution is 2.30. The van der Waals surface area contributed by atoms with Gasteiger partial charge in [0.05, 0.1) is 12.3 Å². The molecule has 2 rings (SSSR count). The molecule has 0 atom stereocenters. The Morgan fingerprint density at radius 1 is 1.21 bits per heavy atom. The lowest BCUT2D eigenvalue weighted by Gasteiger charge is -2.12. The van der Waals surface area contributed by atoms with Crippen LogP contribution in [0.15, 0.2) is 40.9 Å². The second kappa shape index (κ2) is 5.97. The first-order chi connectivity index (χ1) is 9.08. The first-order valence-electron chi connectivity index (χ1n) is 6.15. The van der Waals surface area contributed by atoms with Crippen molar-refractivity contribution in [1.29, 1.82) is 0 Å². The van der Waals surface area contributed by atoms with E-state index in [0.29, 0.717) is 12.3 Å². The molecule has 0 saturated heterocycles. The molecule has 100 valence electrons. The Morgan fingerprint density at radius 2 is 2.00 bits per heavy atom. The second-order valence-corrected chi connectivity index (χ2v) is 5.19. The van der Waals surface area contributed by atoms with Crippen LogP contribution in [0.4, 0.5) is 17.1 Å². The van der Waals surface area contributed by atoms with Gasteiger partial charge in [0.15, 0.2) is 0 Å². The zero-order chi connectivity index (χ0) is 13.8. The van der Waals surface area contributed by atoms with Crippen molar-refractivity contribution in [1.82, 2.24) is 0 Å². The molecule has 0 radical (unpaired) electrons. The van der Waals surface area contributed by atoms with Crippen LogP contribution in [0.1, 0.15) is 12.5 Å². The van der Waals surface area contributed by atoms with Gasteiger partial charge in [0.1, 0.15) is 5.75 Å². The van der Waals surface area contributed by atoms with Crippen LogP contribution in [-0.2, 0) is 0 Å². The van der Waals surface area contributed by atoms with Gasteiger partial charge in [-0.3, -0.25) is 0 Å². The van der Waals surface area contributed by atoms with Gasteiger partial charge in [-0.2, -0.15) is 0 Å². The molecular formula is C15H17BrN2O. The highest BCUT2D eigenvalue weighted by atomic mass is 79.9. The average Bonchev–Trinajstić information content (AvgIpc) is 2.32. The molecule has 19 heavy (non-hydrogen) atoms. The first kappa shape index (κ1) is 13.7. The average molecular weight is 321 g/mol. The molecule has 2 aromatic rings. The van der Waals surface area contributed by atoms with Gasteiger partial charge in [0, 0.05) is 28.0 Å². The quantitative estimate of drug-likeness (QED) is 0.816. The molecule has 0 fully saturated rings. The molecule has 0 bridgehead atoms. The summed E-state index contributed by atoms with van der Waals surface area (Å²) in [6, 6.07) is 11.8. The molecule has 0 aliphatic rings. The molecule has 0 heterocycles. The normalized spacial score (nSPS) is 10.3. The van der Waals surface area contributed by atoms with E-state index in [9.17, 15) is 0 Å². The van der Waals surface area contributed by atoms with E-state index >= 15 is 0 Å². The molecule has 0 aliphatic carbocycles. The van der Waals surface area contributed by atoms with E-state index in [1.807, 2.05) is 31.2 Å². The molecular weight excluding hydrogens is 304 g/mol. The van der Waals surface area contributed by atoms with Crippen molar-refractivity contribution >= 4 is 33.0 Å². The number of nitrogen functional groups attached to an aromatic ring is 1. The zero-order valence-electron chi connectivity index (χ0n) is 11.0. The molecule has 0 aliphatic heterocycles. The van der Waals surface area contributed by atoms with Crippen LogP contribution in [-0.4, -0.2) is 6.61 Å². The van der Waals surface area contributed by atoms with Crippen LogP contribution >= 0.6 is 15.9 Å². The van der Waals surface area contributed by atoms with E-state index in [1.54, 1.807) is 0 Å². The van der Waals surface area contributed by atoms with Crippen LogP contribution in [0.3, 0.4) is 0 Å². The van der Waals surface area contributed by atoms with Crippen molar-refractivity contribution in [3.63, 3.8) is 0 Å². The monoisotopic (exact) mass is 320 g/mol. The van der Waals surface area contributed by atoms with Crippen LogP contribution in [0.25, 0.3) is 0 Å². The van der Waals surface area contributed by atoms with Crippen molar-refractivity contribution < 1.29 is 4.74 Å². The standard InChI is InChI=1S/C15H17BrN2O/c1-3-19-13-8-11(17)7-12(9-13)18-15-5-4-10(2)6-14(15)16/h4-9,18H,3,17H2,1-2H3. The Kier molecular flexibility index (Phi) is 4.32. The van der Waals surface area contributed by atoms with E-state index in [1.165, 1.54) is 5.56 Å². The van der Waals surface area contributed by atoms with Gasteiger partial charge in [0.25, 0.3) is 0 Å². The highest BCUT2D eigenvalue weighted by molar-refractivity contribution is 9.10. The van der Waals surface area contributed by atoms with Crippen LogP contribution in [0.2, 0.25) is 0 Å². The molecule has 0 saturated carbocycles. The lowest BCUT2D eigenvalue weighted by molar-refractivity contribution is 0.340. The fourth-order valence-corrected chi connectivity index (χ4v) is 2.41. The lowest BCUT2D eigenvalue weighted by Crippen LogP contribution is -1.97. The smallest absolute Gasteiger partial charge is 0.123 e. The molecule has 3 nitrogen and oxygen atoms in total. The summed E-state index contributed by atoms with van der Waals surface area (Å²) in [4.78, 5) is 0. The van der Waals surface area contributed by atoms with Crippen molar-refractivity contribution in [3.8, 4) is 5.75 Å². The Balaban J connectivity index is 2.27. The summed E-state index contributed by atoms with van der Waals surface area (Å²) in [5.41, 5.74) is 9.67. The number of nitrogens with one attached hydrogen (secondary N) is 1. The summed E-state index contributed by atoms with van der Waals surface area (Å²) < 4.78 is 6.50. The third-order valence-corrected chi connectivity index (χ3v) is 3.30. The molecule has 4 heteroatoms. The molecule has 2 aromatic carbocycles. The number of nitrogens with two attached hydrogens (primary N) is 1. The van der Waals surface area contributed by atoms with Crippen molar-refractivity contribution in [3.05, 3.63) is 46.4 Å². The minimum atomic E-state index is 0.622. The van der Waals surface area contributed by atoms with Crippen LogP contribution in [0.5, 0.6) is 5.75 Å². The fraction of sp³-hybridized carbons (Fsp3) is 0.200. The van der Waals surface area contributed by atoms with Gasteiger partial charge in [-0.05, 0) is 53.5 Å². The summed E-state index contributed by atoms with van der Waals surface area (Å²) in [6.07, 6.45) is 0. The van der Waals surface area contributed by atoms with Crippen molar-refractivity contribution in [2.75, 3.05) is 17.7 Å². The van der Waals surface area contributed by atoms with Gasteiger partial charge >= 0.3 is 0 Å². The molecule has 0 amide bonds. The largest absolute Gasteiger partial charge is 0.494 e. The molecule has 0 aromatic heterocycles. The summed E-state index contributed by atoms with van der Waals surface area (Å²) in [5, 5.41) is 3.33. The Hall–Kier alpha value is -1.68. The predicted octanol–water partition coefficient (Wildman–Crippen LogP) is 4.48. The summed E-state index contributed by atoms with van der Waals surface area (Å²) in [7, 11) is 0. The summed E-state index contributed by atoms with van der Waals surface area (Å²) in [5.74, 6) is 0.772. The Bertz CT molecular complexity index is 584. The SMILES string of the molecule is CCOc1cc(N)cc(Nc2ccc(C)cc2Br)c1. The maximum Gasteiger partial charge on any atom is 0.123 e. The van der Waals surface area contributed by atoms with E-state index in [0.717, 1.165) is 21.6 Å². The third kappa shape index (κ3) is 3.64. The fourth-order valence-electron chi connectivity index (χ4n) is 1.82. The highest BCUT2D eigenvalue weighted by Gasteiger charge is 2.03. The topological polar surface area (TPSA) is 47.3 Å². The number of ether oxygens (including phenoxy) is 1. The van der Waals surface area contributed by atoms with Crippen LogP contribution in [0, 0.1) is 6.92 Å². The number of rotatable bonds is 4. The third-order valence-electron chi connectivity index (χ3n) is 2.64.